The Bertz CT molecular complexity index is 1970. The maximum absolute atomic E-state index is 5.34. The highest BCUT2D eigenvalue weighted by Crippen LogP contribution is 2.54. The van der Waals surface area contributed by atoms with E-state index >= 15 is 0 Å². The fourth-order valence-electron chi connectivity index (χ4n) is 7.14. The van der Waals surface area contributed by atoms with E-state index in [0.29, 0.717) is 0 Å². The number of aryl methyl sites for hydroxylation is 2. The lowest BCUT2D eigenvalue weighted by molar-refractivity contribution is 0.709. The van der Waals surface area contributed by atoms with Crippen molar-refractivity contribution in [3.8, 4) is 0 Å². The molecule has 6 aromatic carbocycles. The van der Waals surface area contributed by atoms with E-state index in [1.54, 1.807) is 0 Å². The molecular weight excluding hydrogens is 460 g/mol. The Labute approximate surface area is 220 Å². The van der Waals surface area contributed by atoms with Crippen LogP contribution in [0.3, 0.4) is 0 Å². The molecule has 0 saturated carbocycles. The fourth-order valence-corrected chi connectivity index (χ4v) is 7.14. The molecule has 1 aromatic heterocycles. The van der Waals surface area contributed by atoms with Crippen LogP contribution in [0.1, 0.15) is 56.6 Å². The number of hydrogen-bond acceptors (Lipinski definition) is 2. The maximum atomic E-state index is 5.34. The first kappa shape index (κ1) is 20.5. The van der Waals surface area contributed by atoms with Crippen molar-refractivity contribution in [2.24, 2.45) is 0 Å². The Morgan fingerprint density at radius 2 is 0.816 bits per heavy atom. The molecule has 0 spiro atoms. The summed E-state index contributed by atoms with van der Waals surface area (Å²) in [5.41, 5.74) is 12.3. The van der Waals surface area contributed by atoms with Crippen LogP contribution >= 0.6 is 0 Å². The molecule has 10 rings (SSSR count). The lowest BCUT2D eigenvalue weighted by Gasteiger charge is -2.40. The van der Waals surface area contributed by atoms with Crippen LogP contribution in [-0.2, 0) is 0 Å². The molecule has 0 fully saturated rings. The van der Waals surface area contributed by atoms with E-state index in [1.807, 2.05) is 0 Å². The second-order valence-electron chi connectivity index (χ2n) is 11.1. The van der Waals surface area contributed by atoms with Gasteiger partial charge >= 0.3 is 0 Å². The molecule has 0 saturated heterocycles. The Balaban J connectivity index is 1.32. The van der Waals surface area contributed by atoms with Crippen molar-refractivity contribution in [2.75, 3.05) is 0 Å². The predicted molar refractivity (Wildman–Crippen MR) is 156 cm³/mol. The Hall–Kier alpha value is -4.56. The van der Waals surface area contributed by atoms with Crippen LogP contribution in [0.5, 0.6) is 0 Å². The largest absolute Gasteiger partial charge is 0.248 e. The average Bonchev–Trinajstić information content (AvgIpc) is 2.95. The lowest BCUT2D eigenvalue weighted by atomic mass is 9.64. The Kier molecular flexibility index (Phi) is 3.80. The smallest absolute Gasteiger partial charge is 0.0897 e. The minimum Gasteiger partial charge on any atom is -0.248 e. The third-order valence-electron chi connectivity index (χ3n) is 8.99. The summed E-state index contributed by atoms with van der Waals surface area (Å²) >= 11 is 0. The van der Waals surface area contributed by atoms with Gasteiger partial charge in [-0.2, -0.15) is 0 Å². The van der Waals surface area contributed by atoms with Crippen LogP contribution < -0.4 is 0 Å². The van der Waals surface area contributed by atoms with Crippen molar-refractivity contribution in [1.82, 2.24) is 9.97 Å². The fraction of sp³-hybridized carbons (Fsp3) is 0.111. The van der Waals surface area contributed by atoms with Gasteiger partial charge in [0.05, 0.1) is 34.3 Å². The third kappa shape index (κ3) is 2.57. The molecule has 2 heteroatoms. The number of rotatable bonds is 0. The number of nitrogens with zero attached hydrogens (tertiary/aromatic N) is 2. The molecule has 7 aromatic rings. The van der Waals surface area contributed by atoms with E-state index in [1.165, 1.54) is 65.7 Å². The van der Waals surface area contributed by atoms with E-state index in [2.05, 4.69) is 111 Å². The summed E-state index contributed by atoms with van der Waals surface area (Å²) in [6.07, 6.45) is 0. The van der Waals surface area contributed by atoms with Gasteiger partial charge in [0.15, 0.2) is 0 Å². The molecule has 0 radical (unpaired) electrons. The zero-order valence-electron chi connectivity index (χ0n) is 21.3. The molecular formula is C36H24N2. The molecule has 2 bridgehead atoms. The van der Waals surface area contributed by atoms with Gasteiger partial charge in [0.2, 0.25) is 0 Å². The molecule has 38 heavy (non-hydrogen) atoms. The standard InChI is InChI=1S/C36H24N2/c1-19-11-12-20(2)30-16-22-14-24-18-32-31(17-23(24)13-21(22)15-29(19)30)37-35-33-25-7-3-5-9-27(25)34(36(35)38-32)28-10-6-4-8-26(28)33/h3-18,33-34H,1-2H3. The van der Waals surface area contributed by atoms with Crippen molar-refractivity contribution in [3.05, 3.63) is 142 Å². The van der Waals surface area contributed by atoms with E-state index in [4.69, 9.17) is 9.97 Å². The van der Waals surface area contributed by atoms with Crippen LogP contribution in [0.2, 0.25) is 0 Å². The van der Waals surface area contributed by atoms with Crippen molar-refractivity contribution in [3.63, 3.8) is 0 Å². The van der Waals surface area contributed by atoms with Crippen molar-refractivity contribution < 1.29 is 0 Å². The monoisotopic (exact) mass is 484 g/mol. The number of hydrogen-bond donors (Lipinski definition) is 0. The van der Waals surface area contributed by atoms with Gasteiger partial charge in [-0.3, -0.25) is 0 Å². The lowest BCUT2D eigenvalue weighted by Crippen LogP contribution is -2.29. The van der Waals surface area contributed by atoms with E-state index in [0.717, 1.165) is 22.4 Å². The van der Waals surface area contributed by atoms with Crippen LogP contribution in [0, 0.1) is 13.8 Å². The quantitative estimate of drug-likeness (QED) is 0.201. The Morgan fingerprint density at radius 1 is 0.447 bits per heavy atom. The summed E-state index contributed by atoms with van der Waals surface area (Å²) in [6, 6.07) is 36.0. The van der Waals surface area contributed by atoms with Crippen molar-refractivity contribution in [1.29, 1.82) is 0 Å². The summed E-state index contributed by atoms with van der Waals surface area (Å²) in [4.78, 5) is 10.7. The highest BCUT2D eigenvalue weighted by molar-refractivity contribution is 6.08. The molecule has 0 atom stereocenters. The summed E-state index contributed by atoms with van der Waals surface area (Å²) in [5.74, 6) is 0.286. The highest BCUT2D eigenvalue weighted by Gasteiger charge is 2.43. The second kappa shape index (κ2) is 7.05. The van der Waals surface area contributed by atoms with Crippen LogP contribution in [0.4, 0.5) is 0 Å². The normalized spacial score (nSPS) is 17.2. The SMILES string of the molecule is Cc1ccc(C)c2cc3cc4cc5nc6c(nc5cc4cc3cc12)C1c2ccccc2C6c2ccccc21. The van der Waals surface area contributed by atoms with E-state index in [9.17, 15) is 0 Å². The van der Waals surface area contributed by atoms with Gasteiger partial charge in [0.1, 0.15) is 0 Å². The Morgan fingerprint density at radius 3 is 1.21 bits per heavy atom. The molecule has 178 valence electrons. The first-order chi connectivity index (χ1) is 18.6. The van der Waals surface area contributed by atoms with Gasteiger partial charge in [-0.25, -0.2) is 9.97 Å². The molecule has 0 N–H and O–H groups in total. The first-order valence-electron chi connectivity index (χ1n) is 13.4. The maximum Gasteiger partial charge on any atom is 0.0897 e. The minimum absolute atomic E-state index is 0.143. The molecule has 3 aliphatic carbocycles. The molecule has 3 aliphatic rings. The topological polar surface area (TPSA) is 25.8 Å². The minimum atomic E-state index is 0.143. The zero-order chi connectivity index (χ0) is 25.1. The van der Waals surface area contributed by atoms with Crippen molar-refractivity contribution >= 4 is 43.4 Å². The van der Waals surface area contributed by atoms with Gasteiger partial charge < -0.3 is 0 Å². The molecule has 0 aliphatic heterocycles. The molecule has 2 nitrogen and oxygen atoms in total. The van der Waals surface area contributed by atoms with E-state index < -0.39 is 0 Å². The van der Waals surface area contributed by atoms with Crippen LogP contribution in [-0.4, -0.2) is 9.97 Å². The predicted octanol–water partition coefficient (Wildman–Crippen LogP) is 8.69. The molecule has 0 amide bonds. The van der Waals surface area contributed by atoms with Crippen LogP contribution in [0.15, 0.2) is 97.1 Å². The molecule has 0 unspecified atom stereocenters. The van der Waals surface area contributed by atoms with Gasteiger partial charge in [-0.15, -0.1) is 0 Å². The van der Waals surface area contributed by atoms with Gasteiger partial charge in [-0.05, 0) is 116 Å². The number of benzene rings is 6. The summed E-state index contributed by atoms with van der Waals surface area (Å²) in [6.45, 7) is 4.40. The summed E-state index contributed by atoms with van der Waals surface area (Å²) in [7, 11) is 0. The zero-order valence-corrected chi connectivity index (χ0v) is 21.3. The summed E-state index contributed by atoms with van der Waals surface area (Å²) < 4.78 is 0. The number of fused-ring (bicyclic) bond motifs is 4. The first-order valence-corrected chi connectivity index (χ1v) is 13.4. The average molecular weight is 485 g/mol. The van der Waals surface area contributed by atoms with E-state index in [-0.39, 0.29) is 11.8 Å². The number of aromatic nitrogens is 2. The molecule has 1 heterocycles. The van der Waals surface area contributed by atoms with Gasteiger partial charge in [0.25, 0.3) is 0 Å². The van der Waals surface area contributed by atoms with Crippen molar-refractivity contribution in [2.45, 2.75) is 25.7 Å². The van der Waals surface area contributed by atoms with Gasteiger partial charge in [0, 0.05) is 0 Å². The summed E-state index contributed by atoms with van der Waals surface area (Å²) in [5, 5.41) is 7.63. The second-order valence-corrected chi connectivity index (χ2v) is 11.1. The third-order valence-corrected chi connectivity index (χ3v) is 8.99. The van der Waals surface area contributed by atoms with Gasteiger partial charge in [-0.1, -0.05) is 60.7 Å². The van der Waals surface area contributed by atoms with Crippen LogP contribution in [0.25, 0.3) is 43.4 Å². The highest BCUT2D eigenvalue weighted by atomic mass is 14.9.